The molecule has 0 amide bonds. The molecular formula is C15H11ClN2O2. The molecule has 0 radical (unpaired) electrons. The van der Waals surface area contributed by atoms with Gasteiger partial charge in [0.05, 0.1) is 12.8 Å². The summed E-state index contributed by atoms with van der Waals surface area (Å²) >= 11 is 5.97. The molecule has 0 aliphatic carbocycles. The Balaban J connectivity index is 2.25. The number of ether oxygens (including phenoxy) is 1. The summed E-state index contributed by atoms with van der Waals surface area (Å²) in [6.07, 6.45) is 1.64. The lowest BCUT2D eigenvalue weighted by Crippen LogP contribution is -2.14. The quantitative estimate of drug-likeness (QED) is 0.727. The largest absolute Gasteiger partial charge is 0.497 e. The molecule has 0 unspecified atom stereocenters. The highest BCUT2D eigenvalue weighted by atomic mass is 35.5. The van der Waals surface area contributed by atoms with Gasteiger partial charge in [-0.1, -0.05) is 23.7 Å². The van der Waals surface area contributed by atoms with E-state index in [-0.39, 0.29) is 5.56 Å². The molecule has 3 aromatic rings. The Hall–Kier alpha value is -2.33. The highest BCUT2D eigenvalue weighted by molar-refractivity contribution is 6.30. The standard InChI is InChI=1S/C15H11ClN2O2/c1-20-12-5-6-18-14(8-12)17-13(9-15(18)19)10-3-2-4-11(16)7-10/h2-9H,1H3. The fraction of sp³-hybridized carbons (Fsp3) is 0.0667. The number of hydrogen-bond donors (Lipinski definition) is 0. The minimum absolute atomic E-state index is 0.146. The van der Waals surface area contributed by atoms with Crippen molar-refractivity contribution < 1.29 is 4.74 Å². The molecule has 20 heavy (non-hydrogen) atoms. The van der Waals surface area contributed by atoms with Crippen LogP contribution in [0.4, 0.5) is 0 Å². The molecule has 100 valence electrons. The van der Waals surface area contributed by atoms with Crippen molar-refractivity contribution >= 4 is 17.2 Å². The van der Waals surface area contributed by atoms with E-state index in [1.807, 2.05) is 12.1 Å². The van der Waals surface area contributed by atoms with Crippen LogP contribution in [0.25, 0.3) is 16.9 Å². The Bertz CT molecular complexity index is 843. The minimum atomic E-state index is -0.146. The number of fused-ring (bicyclic) bond motifs is 1. The van der Waals surface area contributed by atoms with Gasteiger partial charge in [-0.15, -0.1) is 0 Å². The van der Waals surface area contributed by atoms with E-state index in [4.69, 9.17) is 16.3 Å². The zero-order valence-corrected chi connectivity index (χ0v) is 11.5. The van der Waals surface area contributed by atoms with Gasteiger partial charge in [-0.3, -0.25) is 9.20 Å². The summed E-state index contributed by atoms with van der Waals surface area (Å²) in [5.41, 5.74) is 1.78. The molecule has 0 atom stereocenters. The average Bonchev–Trinajstić information content (AvgIpc) is 2.46. The van der Waals surface area contributed by atoms with Gasteiger partial charge in [0.1, 0.15) is 11.4 Å². The van der Waals surface area contributed by atoms with Crippen molar-refractivity contribution in [1.82, 2.24) is 9.38 Å². The maximum atomic E-state index is 12.1. The van der Waals surface area contributed by atoms with E-state index in [9.17, 15) is 4.79 Å². The van der Waals surface area contributed by atoms with Crippen LogP contribution in [-0.2, 0) is 0 Å². The van der Waals surface area contributed by atoms with Gasteiger partial charge in [-0.05, 0) is 18.2 Å². The number of methoxy groups -OCH3 is 1. The number of nitrogens with zero attached hydrogens (tertiary/aromatic N) is 2. The number of hydrogen-bond acceptors (Lipinski definition) is 3. The Morgan fingerprint density at radius 2 is 2.05 bits per heavy atom. The summed E-state index contributed by atoms with van der Waals surface area (Å²) in [6.45, 7) is 0. The van der Waals surface area contributed by atoms with Gasteiger partial charge in [0.25, 0.3) is 5.56 Å². The van der Waals surface area contributed by atoms with Crippen LogP contribution in [0.1, 0.15) is 0 Å². The van der Waals surface area contributed by atoms with E-state index in [1.54, 1.807) is 37.6 Å². The minimum Gasteiger partial charge on any atom is -0.497 e. The first kappa shape index (κ1) is 12.7. The molecule has 4 nitrogen and oxygen atoms in total. The van der Waals surface area contributed by atoms with E-state index < -0.39 is 0 Å². The van der Waals surface area contributed by atoms with Crippen LogP contribution in [0.3, 0.4) is 0 Å². The number of rotatable bonds is 2. The molecular weight excluding hydrogens is 276 g/mol. The molecule has 0 aliphatic rings. The van der Waals surface area contributed by atoms with Crippen molar-refractivity contribution in [3.8, 4) is 17.0 Å². The van der Waals surface area contributed by atoms with Crippen molar-refractivity contribution in [2.24, 2.45) is 0 Å². The van der Waals surface area contributed by atoms with Gasteiger partial charge >= 0.3 is 0 Å². The third kappa shape index (κ3) is 2.26. The number of benzene rings is 1. The highest BCUT2D eigenvalue weighted by Crippen LogP contribution is 2.21. The molecule has 0 aliphatic heterocycles. The van der Waals surface area contributed by atoms with E-state index >= 15 is 0 Å². The summed E-state index contributed by atoms with van der Waals surface area (Å²) in [7, 11) is 1.57. The third-order valence-electron chi connectivity index (χ3n) is 2.99. The first-order valence-electron chi connectivity index (χ1n) is 6.01. The van der Waals surface area contributed by atoms with E-state index in [1.165, 1.54) is 10.5 Å². The lowest BCUT2D eigenvalue weighted by atomic mass is 10.1. The summed E-state index contributed by atoms with van der Waals surface area (Å²) in [5, 5.41) is 0.607. The van der Waals surface area contributed by atoms with Gasteiger partial charge < -0.3 is 4.74 Å². The molecule has 0 saturated carbocycles. The average molecular weight is 287 g/mol. The first-order valence-corrected chi connectivity index (χ1v) is 6.38. The van der Waals surface area contributed by atoms with Crippen molar-refractivity contribution in [2.45, 2.75) is 0 Å². The topological polar surface area (TPSA) is 43.6 Å². The molecule has 0 bridgehead atoms. The van der Waals surface area contributed by atoms with Gasteiger partial charge in [-0.25, -0.2) is 4.98 Å². The molecule has 0 N–H and O–H groups in total. The van der Waals surface area contributed by atoms with Gasteiger partial charge in [0, 0.05) is 28.9 Å². The maximum Gasteiger partial charge on any atom is 0.258 e. The van der Waals surface area contributed by atoms with Crippen molar-refractivity contribution in [1.29, 1.82) is 0 Å². The third-order valence-corrected chi connectivity index (χ3v) is 3.23. The second kappa shape index (κ2) is 4.98. The number of pyridine rings is 1. The second-order valence-corrected chi connectivity index (χ2v) is 4.72. The monoisotopic (exact) mass is 286 g/mol. The number of halogens is 1. The van der Waals surface area contributed by atoms with Gasteiger partial charge in [0.2, 0.25) is 0 Å². The molecule has 5 heteroatoms. The summed E-state index contributed by atoms with van der Waals surface area (Å²) < 4.78 is 6.62. The van der Waals surface area contributed by atoms with Crippen LogP contribution >= 0.6 is 11.6 Å². The van der Waals surface area contributed by atoms with Crippen LogP contribution in [0.2, 0.25) is 5.02 Å². The predicted octanol–water partition coefficient (Wildman–Crippen LogP) is 3.02. The summed E-state index contributed by atoms with van der Waals surface area (Å²) in [5.74, 6) is 0.653. The molecule has 1 aromatic carbocycles. The molecule has 3 rings (SSSR count). The van der Waals surface area contributed by atoms with Gasteiger partial charge in [-0.2, -0.15) is 0 Å². The van der Waals surface area contributed by atoms with Crippen LogP contribution in [0.5, 0.6) is 5.75 Å². The molecule has 2 aromatic heterocycles. The highest BCUT2D eigenvalue weighted by Gasteiger charge is 2.06. The lowest BCUT2D eigenvalue weighted by molar-refractivity contribution is 0.414. The zero-order valence-electron chi connectivity index (χ0n) is 10.7. The normalized spacial score (nSPS) is 10.7. The Labute approximate surface area is 120 Å². The number of aromatic nitrogens is 2. The molecule has 0 spiro atoms. The zero-order chi connectivity index (χ0) is 14.1. The maximum absolute atomic E-state index is 12.1. The Morgan fingerprint density at radius 1 is 1.20 bits per heavy atom. The van der Waals surface area contributed by atoms with Crippen molar-refractivity contribution in [3.63, 3.8) is 0 Å². The predicted molar refractivity (Wildman–Crippen MR) is 78.5 cm³/mol. The van der Waals surface area contributed by atoms with E-state index in [2.05, 4.69) is 4.98 Å². The van der Waals surface area contributed by atoms with Crippen molar-refractivity contribution in [3.05, 3.63) is 64.0 Å². The van der Waals surface area contributed by atoms with Crippen LogP contribution in [0, 0.1) is 0 Å². The molecule has 0 fully saturated rings. The molecule has 0 saturated heterocycles. The lowest BCUT2D eigenvalue weighted by Gasteiger charge is -2.06. The van der Waals surface area contributed by atoms with Crippen LogP contribution in [-0.4, -0.2) is 16.5 Å². The SMILES string of the molecule is COc1ccn2c(=O)cc(-c3cccc(Cl)c3)nc2c1. The second-order valence-electron chi connectivity index (χ2n) is 4.28. The van der Waals surface area contributed by atoms with Crippen LogP contribution in [0.15, 0.2) is 53.5 Å². The summed E-state index contributed by atoms with van der Waals surface area (Å²) in [6, 6.07) is 12.2. The van der Waals surface area contributed by atoms with E-state index in [0.29, 0.717) is 22.1 Å². The fourth-order valence-corrected chi connectivity index (χ4v) is 2.20. The van der Waals surface area contributed by atoms with Gasteiger partial charge in [0.15, 0.2) is 0 Å². The first-order chi connectivity index (χ1) is 9.67. The Morgan fingerprint density at radius 3 is 2.80 bits per heavy atom. The van der Waals surface area contributed by atoms with Crippen molar-refractivity contribution in [2.75, 3.05) is 7.11 Å². The Kier molecular flexibility index (Phi) is 3.16. The molecule has 2 heterocycles. The fourth-order valence-electron chi connectivity index (χ4n) is 2.01. The smallest absolute Gasteiger partial charge is 0.258 e. The summed E-state index contributed by atoms with van der Waals surface area (Å²) in [4.78, 5) is 16.6. The van der Waals surface area contributed by atoms with E-state index in [0.717, 1.165) is 5.56 Å². The van der Waals surface area contributed by atoms with Crippen LogP contribution < -0.4 is 10.3 Å².